The Balaban J connectivity index is 2.09. The van der Waals surface area contributed by atoms with Gasteiger partial charge in [-0.25, -0.2) is 0 Å². The third-order valence-electron chi connectivity index (χ3n) is 3.65. The fraction of sp³-hybridized carbons (Fsp3) is 0.467. The van der Waals surface area contributed by atoms with E-state index in [1.165, 1.54) is 5.56 Å². The smallest absolute Gasteiger partial charge is 0.252 e. The lowest BCUT2D eigenvalue weighted by Gasteiger charge is -2.21. The molecule has 0 aromatic heterocycles. The van der Waals surface area contributed by atoms with Gasteiger partial charge in [-0.3, -0.25) is 4.79 Å². The average Bonchev–Trinajstić information content (AvgIpc) is 2.88. The largest absolute Gasteiger partial charge is 0.334 e. The molecule has 3 nitrogen and oxygen atoms in total. The third-order valence-corrected chi connectivity index (χ3v) is 3.65. The molecule has 1 aliphatic rings. The minimum atomic E-state index is -0.638. The lowest BCUT2D eigenvalue weighted by atomic mass is 9.99. The minimum Gasteiger partial charge on any atom is -0.334 e. The second-order valence-corrected chi connectivity index (χ2v) is 4.91. The van der Waals surface area contributed by atoms with Crippen LogP contribution >= 0.6 is 0 Å². The molecular weight excluding hydrogens is 224 g/mol. The molecule has 2 rings (SSSR count). The van der Waals surface area contributed by atoms with E-state index in [0.717, 1.165) is 32.1 Å². The van der Waals surface area contributed by atoms with E-state index < -0.39 is 5.54 Å². The van der Waals surface area contributed by atoms with E-state index >= 15 is 0 Å². The fourth-order valence-corrected chi connectivity index (χ4v) is 2.42. The first kappa shape index (κ1) is 12.6. The molecule has 0 saturated heterocycles. The Hall–Kier alpha value is -1.82. The van der Waals surface area contributed by atoms with Gasteiger partial charge < -0.3 is 5.32 Å². The molecule has 0 radical (unpaired) electrons. The molecule has 0 spiro atoms. The quantitative estimate of drug-likeness (QED) is 0.886. The number of hydrogen-bond donors (Lipinski definition) is 1. The standard InChI is InChI=1S/C15H18N2O/c1-2-12-5-7-13(8-6-12)14(18)17-15(11-16)9-3-4-10-15/h5-8H,2-4,9-10H2,1H3,(H,17,18). The second kappa shape index (κ2) is 5.22. The van der Waals surface area contributed by atoms with E-state index in [1.54, 1.807) is 0 Å². The van der Waals surface area contributed by atoms with Crippen molar-refractivity contribution in [3.05, 3.63) is 35.4 Å². The maximum Gasteiger partial charge on any atom is 0.252 e. The van der Waals surface area contributed by atoms with Gasteiger partial charge in [0.05, 0.1) is 6.07 Å². The normalized spacial score (nSPS) is 17.1. The van der Waals surface area contributed by atoms with Gasteiger partial charge in [0.2, 0.25) is 0 Å². The maximum absolute atomic E-state index is 12.1. The van der Waals surface area contributed by atoms with Gasteiger partial charge in [0.25, 0.3) is 5.91 Å². The highest BCUT2D eigenvalue weighted by Crippen LogP contribution is 2.29. The number of amides is 1. The molecule has 1 fully saturated rings. The van der Waals surface area contributed by atoms with E-state index in [9.17, 15) is 10.1 Å². The van der Waals surface area contributed by atoms with E-state index in [-0.39, 0.29) is 5.91 Å². The van der Waals surface area contributed by atoms with Crippen LogP contribution in [0.4, 0.5) is 0 Å². The van der Waals surface area contributed by atoms with Gasteiger partial charge in [-0.2, -0.15) is 5.26 Å². The summed E-state index contributed by atoms with van der Waals surface area (Å²) in [6, 6.07) is 9.85. The van der Waals surface area contributed by atoms with Crippen LogP contribution in [0.3, 0.4) is 0 Å². The molecule has 3 heteroatoms. The van der Waals surface area contributed by atoms with E-state index in [2.05, 4.69) is 18.3 Å². The van der Waals surface area contributed by atoms with Crippen LogP contribution < -0.4 is 5.32 Å². The van der Waals surface area contributed by atoms with E-state index in [0.29, 0.717) is 5.56 Å². The number of aryl methyl sites for hydroxylation is 1. The van der Waals surface area contributed by atoms with Crippen molar-refractivity contribution in [1.82, 2.24) is 5.32 Å². The predicted molar refractivity (Wildman–Crippen MR) is 70.1 cm³/mol. The van der Waals surface area contributed by atoms with Gasteiger partial charge in [0.1, 0.15) is 5.54 Å². The number of carbonyl (C=O) groups excluding carboxylic acids is 1. The van der Waals surface area contributed by atoms with Crippen LogP contribution in [0.15, 0.2) is 24.3 Å². The van der Waals surface area contributed by atoms with Crippen molar-refractivity contribution in [3.63, 3.8) is 0 Å². The number of hydrogen-bond acceptors (Lipinski definition) is 2. The van der Waals surface area contributed by atoms with Crippen molar-refractivity contribution in [2.75, 3.05) is 0 Å². The Morgan fingerprint density at radius 3 is 2.44 bits per heavy atom. The molecular formula is C15H18N2O. The van der Waals surface area contributed by atoms with E-state index in [4.69, 9.17) is 0 Å². The summed E-state index contributed by atoms with van der Waals surface area (Å²) in [5.74, 6) is -0.138. The monoisotopic (exact) mass is 242 g/mol. The summed E-state index contributed by atoms with van der Waals surface area (Å²) >= 11 is 0. The molecule has 0 atom stereocenters. The van der Waals surface area contributed by atoms with Crippen LogP contribution in [0.5, 0.6) is 0 Å². The minimum absolute atomic E-state index is 0.138. The van der Waals surface area contributed by atoms with Crippen molar-refractivity contribution in [3.8, 4) is 6.07 Å². The zero-order chi connectivity index (χ0) is 13.0. The van der Waals surface area contributed by atoms with Crippen LogP contribution in [-0.4, -0.2) is 11.4 Å². The number of rotatable bonds is 3. The summed E-state index contributed by atoms with van der Waals surface area (Å²) in [6.45, 7) is 2.08. The Bertz CT molecular complexity index is 464. The van der Waals surface area contributed by atoms with Gasteiger partial charge in [0, 0.05) is 5.56 Å². The van der Waals surface area contributed by atoms with Gasteiger partial charge >= 0.3 is 0 Å². The number of carbonyl (C=O) groups is 1. The number of nitrogens with one attached hydrogen (secondary N) is 1. The van der Waals surface area contributed by atoms with Gasteiger partial charge in [0.15, 0.2) is 0 Å². The summed E-state index contributed by atoms with van der Waals surface area (Å²) in [6.07, 6.45) is 4.53. The summed E-state index contributed by atoms with van der Waals surface area (Å²) < 4.78 is 0. The van der Waals surface area contributed by atoms with Gasteiger partial charge in [-0.05, 0) is 49.8 Å². The highest BCUT2D eigenvalue weighted by atomic mass is 16.1. The SMILES string of the molecule is CCc1ccc(C(=O)NC2(C#N)CCCC2)cc1. The first-order chi connectivity index (χ1) is 8.69. The zero-order valence-corrected chi connectivity index (χ0v) is 10.7. The zero-order valence-electron chi connectivity index (χ0n) is 10.7. The van der Waals surface area contributed by atoms with Crippen molar-refractivity contribution in [1.29, 1.82) is 5.26 Å². The first-order valence-electron chi connectivity index (χ1n) is 6.52. The summed E-state index contributed by atoms with van der Waals surface area (Å²) in [5.41, 5.74) is 1.21. The lowest BCUT2D eigenvalue weighted by Crippen LogP contribution is -2.45. The number of benzene rings is 1. The van der Waals surface area contributed by atoms with Crippen molar-refractivity contribution in [2.45, 2.75) is 44.6 Å². The molecule has 0 heterocycles. The average molecular weight is 242 g/mol. The topological polar surface area (TPSA) is 52.9 Å². The van der Waals surface area contributed by atoms with Gasteiger partial charge in [-0.15, -0.1) is 0 Å². The first-order valence-corrected chi connectivity index (χ1v) is 6.52. The fourth-order valence-electron chi connectivity index (χ4n) is 2.42. The highest BCUT2D eigenvalue weighted by molar-refractivity contribution is 5.95. The molecule has 18 heavy (non-hydrogen) atoms. The van der Waals surface area contributed by atoms with Crippen molar-refractivity contribution >= 4 is 5.91 Å². The lowest BCUT2D eigenvalue weighted by molar-refractivity contribution is 0.0920. The summed E-state index contributed by atoms with van der Waals surface area (Å²) in [5, 5.41) is 12.1. The molecule has 1 aromatic carbocycles. The second-order valence-electron chi connectivity index (χ2n) is 4.91. The number of nitrogens with zero attached hydrogens (tertiary/aromatic N) is 1. The van der Waals surface area contributed by atoms with Crippen LogP contribution in [0.2, 0.25) is 0 Å². The molecule has 1 amide bonds. The third kappa shape index (κ3) is 2.53. The molecule has 94 valence electrons. The number of nitriles is 1. The molecule has 0 unspecified atom stereocenters. The van der Waals surface area contributed by atoms with Crippen molar-refractivity contribution < 1.29 is 4.79 Å². The molecule has 0 aliphatic heterocycles. The van der Waals surface area contributed by atoms with Gasteiger partial charge in [-0.1, -0.05) is 19.1 Å². The Labute approximate surface area is 108 Å². The predicted octanol–water partition coefficient (Wildman–Crippen LogP) is 2.82. The summed E-state index contributed by atoms with van der Waals surface area (Å²) in [7, 11) is 0. The van der Waals surface area contributed by atoms with Crippen molar-refractivity contribution in [2.24, 2.45) is 0 Å². The molecule has 1 aliphatic carbocycles. The van der Waals surface area contributed by atoms with E-state index in [1.807, 2.05) is 24.3 Å². The molecule has 1 saturated carbocycles. The Morgan fingerprint density at radius 2 is 1.94 bits per heavy atom. The maximum atomic E-state index is 12.1. The molecule has 1 N–H and O–H groups in total. The highest BCUT2D eigenvalue weighted by Gasteiger charge is 2.35. The molecule has 0 bridgehead atoms. The van der Waals surface area contributed by atoms with Crippen LogP contribution in [-0.2, 0) is 6.42 Å². The Morgan fingerprint density at radius 1 is 1.33 bits per heavy atom. The van der Waals surface area contributed by atoms with Crippen LogP contribution in [0.1, 0.15) is 48.5 Å². The van der Waals surface area contributed by atoms with Crippen LogP contribution in [0, 0.1) is 11.3 Å². The summed E-state index contributed by atoms with van der Waals surface area (Å²) in [4.78, 5) is 12.1. The molecule has 1 aromatic rings. The van der Waals surface area contributed by atoms with Crippen LogP contribution in [0.25, 0.3) is 0 Å². The Kier molecular flexibility index (Phi) is 3.66.